The Morgan fingerprint density at radius 3 is 2.95 bits per heavy atom. The van der Waals surface area contributed by atoms with E-state index in [1.54, 1.807) is 0 Å². The quantitative estimate of drug-likeness (QED) is 0.838. The Kier molecular flexibility index (Phi) is 4.47. The molecule has 0 amide bonds. The lowest BCUT2D eigenvalue weighted by Gasteiger charge is -2.31. The number of hydrogen-bond donors (Lipinski definition) is 0. The van der Waals surface area contributed by atoms with Gasteiger partial charge >= 0.3 is 0 Å². The van der Waals surface area contributed by atoms with Gasteiger partial charge in [0, 0.05) is 32.4 Å². The Morgan fingerprint density at radius 2 is 2.15 bits per heavy atom. The van der Waals surface area contributed by atoms with Crippen molar-refractivity contribution in [2.24, 2.45) is 5.92 Å². The van der Waals surface area contributed by atoms with Gasteiger partial charge in [0.15, 0.2) is 0 Å². The molecule has 0 radical (unpaired) electrons. The van der Waals surface area contributed by atoms with Gasteiger partial charge in [-0.25, -0.2) is 9.97 Å². The predicted molar refractivity (Wildman–Crippen MR) is 78.7 cm³/mol. The summed E-state index contributed by atoms with van der Waals surface area (Å²) in [6.45, 7) is 9.01. The molecule has 3 heterocycles. The number of rotatable bonds is 3. The maximum atomic E-state index is 5.38. The van der Waals surface area contributed by atoms with Crippen LogP contribution in [0.2, 0.25) is 0 Å². The van der Waals surface area contributed by atoms with Crippen LogP contribution in [0.3, 0.4) is 0 Å². The second kappa shape index (κ2) is 6.50. The van der Waals surface area contributed by atoms with Gasteiger partial charge in [-0.15, -0.1) is 0 Å². The molecule has 0 aliphatic carbocycles. The van der Waals surface area contributed by atoms with E-state index in [2.05, 4.69) is 21.7 Å². The van der Waals surface area contributed by atoms with Crippen LogP contribution in [-0.2, 0) is 11.3 Å². The van der Waals surface area contributed by atoms with Crippen molar-refractivity contribution in [3.05, 3.63) is 18.0 Å². The minimum atomic E-state index is 0.775. The lowest BCUT2D eigenvalue weighted by atomic mass is 10.0. The van der Waals surface area contributed by atoms with Crippen molar-refractivity contribution in [2.75, 3.05) is 44.3 Å². The van der Waals surface area contributed by atoms with Gasteiger partial charge in [0.2, 0.25) is 5.95 Å². The summed E-state index contributed by atoms with van der Waals surface area (Å²) in [6, 6.07) is 2.04. The predicted octanol–water partition coefficient (Wildman–Crippen LogP) is 1.55. The van der Waals surface area contributed by atoms with Gasteiger partial charge in [0.1, 0.15) is 0 Å². The summed E-state index contributed by atoms with van der Waals surface area (Å²) in [5, 5.41) is 0. The standard InChI is InChI=1S/C15H24N4O/c1-13-3-2-6-18(11-13)12-14-4-5-16-15(17-14)19-7-9-20-10-8-19/h4-5,13H,2-3,6-12H2,1H3/t13-/m0/s1. The Balaban J connectivity index is 1.64. The summed E-state index contributed by atoms with van der Waals surface area (Å²) >= 11 is 0. The van der Waals surface area contributed by atoms with Crippen molar-refractivity contribution < 1.29 is 4.74 Å². The molecule has 0 saturated carbocycles. The van der Waals surface area contributed by atoms with E-state index in [0.29, 0.717) is 0 Å². The van der Waals surface area contributed by atoms with Crippen molar-refractivity contribution >= 4 is 5.95 Å². The fraction of sp³-hybridized carbons (Fsp3) is 0.733. The molecule has 110 valence electrons. The smallest absolute Gasteiger partial charge is 0.225 e. The number of morpholine rings is 1. The number of hydrogen-bond acceptors (Lipinski definition) is 5. The number of piperidine rings is 1. The highest BCUT2D eigenvalue weighted by Gasteiger charge is 2.18. The SMILES string of the molecule is C[C@H]1CCCN(Cc2ccnc(N3CCOCC3)n2)C1. The molecule has 2 aliphatic heterocycles. The zero-order valence-electron chi connectivity index (χ0n) is 12.3. The molecule has 2 saturated heterocycles. The molecule has 1 aromatic heterocycles. The van der Waals surface area contributed by atoms with Crippen LogP contribution in [0.15, 0.2) is 12.3 Å². The van der Waals surface area contributed by atoms with Crippen LogP contribution < -0.4 is 4.90 Å². The Morgan fingerprint density at radius 1 is 1.30 bits per heavy atom. The third kappa shape index (κ3) is 3.46. The molecule has 0 aromatic carbocycles. The third-order valence-electron chi connectivity index (χ3n) is 4.12. The average molecular weight is 276 g/mol. The molecule has 2 fully saturated rings. The molecule has 20 heavy (non-hydrogen) atoms. The molecule has 2 aliphatic rings. The number of likely N-dealkylation sites (tertiary alicyclic amines) is 1. The molecule has 0 unspecified atom stereocenters. The lowest BCUT2D eigenvalue weighted by molar-refractivity contribution is 0.122. The monoisotopic (exact) mass is 276 g/mol. The molecular formula is C15H24N4O. The molecule has 3 rings (SSSR count). The number of ether oxygens (including phenoxy) is 1. The molecular weight excluding hydrogens is 252 g/mol. The fourth-order valence-corrected chi connectivity index (χ4v) is 3.05. The van der Waals surface area contributed by atoms with Crippen LogP contribution in [-0.4, -0.2) is 54.3 Å². The summed E-state index contributed by atoms with van der Waals surface area (Å²) in [6.07, 6.45) is 4.56. The first-order valence-electron chi connectivity index (χ1n) is 7.68. The van der Waals surface area contributed by atoms with E-state index >= 15 is 0 Å². The van der Waals surface area contributed by atoms with Crippen molar-refractivity contribution in [3.8, 4) is 0 Å². The van der Waals surface area contributed by atoms with Gasteiger partial charge < -0.3 is 9.64 Å². The molecule has 0 spiro atoms. The lowest BCUT2D eigenvalue weighted by Crippen LogP contribution is -2.38. The van der Waals surface area contributed by atoms with Crippen molar-refractivity contribution in [1.29, 1.82) is 0 Å². The highest BCUT2D eigenvalue weighted by atomic mass is 16.5. The van der Waals surface area contributed by atoms with Crippen LogP contribution in [0.1, 0.15) is 25.5 Å². The van der Waals surface area contributed by atoms with Crippen molar-refractivity contribution in [3.63, 3.8) is 0 Å². The zero-order chi connectivity index (χ0) is 13.8. The normalized spacial score (nSPS) is 24.9. The van der Waals surface area contributed by atoms with Crippen molar-refractivity contribution in [1.82, 2.24) is 14.9 Å². The van der Waals surface area contributed by atoms with E-state index in [-0.39, 0.29) is 0 Å². The molecule has 5 heteroatoms. The Labute approximate surface area is 121 Å². The first kappa shape index (κ1) is 13.8. The molecule has 0 bridgehead atoms. The first-order chi connectivity index (χ1) is 9.81. The summed E-state index contributed by atoms with van der Waals surface area (Å²) in [5.74, 6) is 1.67. The zero-order valence-corrected chi connectivity index (χ0v) is 12.3. The molecule has 0 N–H and O–H groups in total. The van der Waals surface area contributed by atoms with Crippen molar-refractivity contribution in [2.45, 2.75) is 26.3 Å². The third-order valence-corrected chi connectivity index (χ3v) is 4.12. The van der Waals surface area contributed by atoms with E-state index in [4.69, 9.17) is 9.72 Å². The molecule has 1 atom stereocenters. The van der Waals surface area contributed by atoms with Crippen LogP contribution in [0.5, 0.6) is 0 Å². The van der Waals surface area contributed by atoms with Gasteiger partial charge in [0.25, 0.3) is 0 Å². The van der Waals surface area contributed by atoms with E-state index in [0.717, 1.165) is 50.4 Å². The minimum absolute atomic E-state index is 0.775. The second-order valence-corrected chi connectivity index (χ2v) is 5.93. The van der Waals surface area contributed by atoms with Gasteiger partial charge in [-0.05, 0) is 31.4 Å². The minimum Gasteiger partial charge on any atom is -0.378 e. The number of aromatic nitrogens is 2. The highest BCUT2D eigenvalue weighted by Crippen LogP contribution is 2.18. The Bertz CT molecular complexity index is 434. The molecule has 1 aromatic rings. The van der Waals surface area contributed by atoms with E-state index < -0.39 is 0 Å². The van der Waals surface area contributed by atoms with Crippen LogP contribution in [0.4, 0.5) is 5.95 Å². The van der Waals surface area contributed by atoms with E-state index in [1.165, 1.54) is 25.9 Å². The summed E-state index contributed by atoms with van der Waals surface area (Å²) < 4.78 is 5.38. The van der Waals surface area contributed by atoms with Crippen LogP contribution in [0.25, 0.3) is 0 Å². The summed E-state index contributed by atoms with van der Waals surface area (Å²) in [4.78, 5) is 13.9. The van der Waals surface area contributed by atoms with Gasteiger partial charge in [0.05, 0.1) is 18.9 Å². The van der Waals surface area contributed by atoms with E-state index in [1.807, 2.05) is 12.3 Å². The maximum Gasteiger partial charge on any atom is 0.225 e. The van der Waals surface area contributed by atoms with Crippen LogP contribution in [0, 0.1) is 5.92 Å². The molecule has 5 nitrogen and oxygen atoms in total. The van der Waals surface area contributed by atoms with Gasteiger partial charge in [-0.2, -0.15) is 0 Å². The van der Waals surface area contributed by atoms with Crippen LogP contribution >= 0.6 is 0 Å². The second-order valence-electron chi connectivity index (χ2n) is 5.93. The fourth-order valence-electron chi connectivity index (χ4n) is 3.05. The highest BCUT2D eigenvalue weighted by molar-refractivity contribution is 5.30. The first-order valence-corrected chi connectivity index (χ1v) is 7.68. The number of nitrogens with zero attached hydrogens (tertiary/aromatic N) is 4. The largest absolute Gasteiger partial charge is 0.378 e. The van der Waals surface area contributed by atoms with Gasteiger partial charge in [-0.3, -0.25) is 4.90 Å². The van der Waals surface area contributed by atoms with Gasteiger partial charge in [-0.1, -0.05) is 6.92 Å². The number of anilines is 1. The summed E-state index contributed by atoms with van der Waals surface area (Å²) in [7, 11) is 0. The maximum absolute atomic E-state index is 5.38. The Hall–Kier alpha value is -1.20. The van der Waals surface area contributed by atoms with E-state index in [9.17, 15) is 0 Å². The summed E-state index contributed by atoms with van der Waals surface area (Å²) in [5.41, 5.74) is 1.13. The average Bonchev–Trinajstić information content (AvgIpc) is 2.48. The topological polar surface area (TPSA) is 41.5 Å².